The van der Waals surface area contributed by atoms with Crippen LogP contribution in [0.5, 0.6) is 0 Å². The van der Waals surface area contributed by atoms with Crippen LogP contribution in [-0.2, 0) is 20.9 Å². The van der Waals surface area contributed by atoms with Crippen LogP contribution in [0.15, 0.2) is 48.5 Å². The van der Waals surface area contributed by atoms with Gasteiger partial charge in [-0.1, -0.05) is 36.4 Å². The molecule has 2 heterocycles. The number of nitrogens with one attached hydrogen (secondary N) is 2. The molecule has 0 radical (unpaired) electrons. The molecule has 174 valence electrons. The minimum absolute atomic E-state index is 0.0918. The van der Waals surface area contributed by atoms with E-state index in [4.69, 9.17) is 0 Å². The summed E-state index contributed by atoms with van der Waals surface area (Å²) in [4.78, 5) is 41.0. The molecule has 2 aliphatic heterocycles. The van der Waals surface area contributed by atoms with Gasteiger partial charge in [0, 0.05) is 37.4 Å². The first-order valence-electron chi connectivity index (χ1n) is 11.8. The Bertz CT molecular complexity index is 1000. The van der Waals surface area contributed by atoms with Crippen LogP contribution >= 0.6 is 0 Å². The van der Waals surface area contributed by atoms with E-state index in [2.05, 4.69) is 39.8 Å². The summed E-state index contributed by atoms with van der Waals surface area (Å²) in [5, 5.41) is 5.46. The van der Waals surface area contributed by atoms with Crippen molar-refractivity contribution in [3.8, 4) is 0 Å². The second-order valence-corrected chi connectivity index (χ2v) is 9.02. The lowest BCUT2D eigenvalue weighted by atomic mass is 9.96. The number of carbonyl (C=O) groups is 3. The van der Waals surface area contributed by atoms with E-state index in [0.717, 1.165) is 50.1 Å². The molecule has 2 aromatic rings. The highest BCUT2D eigenvalue weighted by Gasteiger charge is 2.24. The number of piperidine rings is 1. The minimum atomic E-state index is -0.681. The molecule has 2 N–H and O–H groups in total. The summed E-state index contributed by atoms with van der Waals surface area (Å²) in [5.74, 6) is -0.838. The summed E-state index contributed by atoms with van der Waals surface area (Å²) < 4.78 is 0. The average molecular weight is 449 g/mol. The zero-order valence-corrected chi connectivity index (χ0v) is 19.2. The van der Waals surface area contributed by atoms with Crippen LogP contribution in [0.1, 0.15) is 36.8 Å². The number of likely N-dealkylation sites (tertiary alicyclic amines) is 1. The van der Waals surface area contributed by atoms with Gasteiger partial charge in [-0.25, -0.2) is 0 Å². The van der Waals surface area contributed by atoms with Gasteiger partial charge in [-0.15, -0.1) is 0 Å². The van der Waals surface area contributed by atoms with E-state index < -0.39 is 11.8 Å². The Morgan fingerprint density at radius 1 is 1.00 bits per heavy atom. The lowest BCUT2D eigenvalue weighted by Gasteiger charge is -2.32. The number of carbonyl (C=O) groups excluding carboxylic acids is 3. The molecule has 0 aliphatic carbocycles. The topological polar surface area (TPSA) is 81.8 Å². The van der Waals surface area contributed by atoms with Crippen molar-refractivity contribution in [3.63, 3.8) is 0 Å². The van der Waals surface area contributed by atoms with Gasteiger partial charge < -0.3 is 15.5 Å². The minimum Gasteiger partial charge on any atom is -0.348 e. The maximum Gasteiger partial charge on any atom is 0.313 e. The summed E-state index contributed by atoms with van der Waals surface area (Å²) >= 11 is 0. The van der Waals surface area contributed by atoms with Gasteiger partial charge in [-0.05, 0) is 68.5 Å². The second-order valence-electron chi connectivity index (χ2n) is 9.02. The molecule has 2 aliphatic rings. The molecule has 2 aromatic carbocycles. The van der Waals surface area contributed by atoms with Crippen LogP contribution in [0.4, 0.5) is 11.4 Å². The molecule has 0 unspecified atom stereocenters. The molecule has 4 rings (SSSR count). The largest absolute Gasteiger partial charge is 0.348 e. The van der Waals surface area contributed by atoms with Crippen molar-refractivity contribution >= 4 is 29.1 Å². The van der Waals surface area contributed by atoms with Gasteiger partial charge in [0.2, 0.25) is 5.91 Å². The zero-order valence-electron chi connectivity index (χ0n) is 19.2. The first-order valence-corrected chi connectivity index (χ1v) is 11.8. The van der Waals surface area contributed by atoms with Crippen molar-refractivity contribution < 1.29 is 14.4 Å². The van der Waals surface area contributed by atoms with Crippen molar-refractivity contribution in [1.29, 1.82) is 0 Å². The van der Waals surface area contributed by atoms with Crippen LogP contribution in [0, 0.1) is 12.8 Å². The van der Waals surface area contributed by atoms with Gasteiger partial charge in [0.25, 0.3) is 0 Å². The first-order chi connectivity index (χ1) is 16.0. The molecule has 7 nitrogen and oxygen atoms in total. The van der Waals surface area contributed by atoms with E-state index in [1.807, 2.05) is 19.1 Å². The van der Waals surface area contributed by atoms with Crippen molar-refractivity contribution in [3.05, 3.63) is 59.7 Å². The van der Waals surface area contributed by atoms with Crippen molar-refractivity contribution in [1.82, 2.24) is 10.2 Å². The van der Waals surface area contributed by atoms with Crippen LogP contribution in [0.2, 0.25) is 0 Å². The van der Waals surface area contributed by atoms with Crippen LogP contribution in [0.25, 0.3) is 0 Å². The third-order valence-corrected chi connectivity index (χ3v) is 6.54. The number of hydrogen-bond donors (Lipinski definition) is 2. The standard InChI is InChI=1S/C26H32N4O3/c1-19-9-10-22(16-23(19)30-13-5-8-24(30)31)28-26(33)25(32)27-17-20-11-14-29(15-12-20)18-21-6-3-2-4-7-21/h2-4,6-7,9-10,16,20H,5,8,11-15,17-18H2,1H3,(H,27,32)(H,28,33). The number of amides is 3. The fraction of sp³-hybridized carbons (Fsp3) is 0.423. The molecular weight excluding hydrogens is 416 g/mol. The molecule has 3 amide bonds. The highest BCUT2D eigenvalue weighted by atomic mass is 16.2. The van der Waals surface area contributed by atoms with Gasteiger partial charge in [0.05, 0.1) is 0 Å². The third-order valence-electron chi connectivity index (χ3n) is 6.54. The number of hydrogen-bond acceptors (Lipinski definition) is 4. The van der Waals surface area contributed by atoms with E-state index in [1.54, 1.807) is 17.0 Å². The van der Waals surface area contributed by atoms with Crippen LogP contribution < -0.4 is 15.5 Å². The SMILES string of the molecule is Cc1ccc(NC(=O)C(=O)NCC2CCN(Cc3ccccc3)CC2)cc1N1CCCC1=O. The molecule has 0 aromatic heterocycles. The predicted molar refractivity (Wildman–Crippen MR) is 129 cm³/mol. The van der Waals surface area contributed by atoms with Gasteiger partial charge in [-0.3, -0.25) is 19.3 Å². The normalized spacial score (nSPS) is 17.2. The Labute approximate surface area is 195 Å². The Morgan fingerprint density at radius 2 is 1.76 bits per heavy atom. The van der Waals surface area contributed by atoms with Crippen molar-refractivity contribution in [2.24, 2.45) is 5.92 Å². The lowest BCUT2D eigenvalue weighted by molar-refractivity contribution is -0.136. The second kappa shape index (κ2) is 10.6. The third kappa shape index (κ3) is 5.99. The fourth-order valence-corrected chi connectivity index (χ4v) is 4.58. The Hall–Kier alpha value is -3.19. The highest BCUT2D eigenvalue weighted by Crippen LogP contribution is 2.28. The number of anilines is 2. The quantitative estimate of drug-likeness (QED) is 0.666. The zero-order chi connectivity index (χ0) is 23.2. The maximum absolute atomic E-state index is 12.4. The Kier molecular flexibility index (Phi) is 7.40. The molecule has 33 heavy (non-hydrogen) atoms. The van der Waals surface area contributed by atoms with E-state index in [-0.39, 0.29) is 5.91 Å². The molecule has 0 atom stereocenters. The smallest absolute Gasteiger partial charge is 0.313 e. The van der Waals surface area contributed by atoms with Crippen molar-refractivity contribution in [2.75, 3.05) is 36.4 Å². The van der Waals surface area contributed by atoms with Gasteiger partial charge >= 0.3 is 11.8 Å². The summed E-state index contributed by atoms with van der Waals surface area (Å²) in [5.41, 5.74) is 3.59. The van der Waals surface area contributed by atoms with Gasteiger partial charge in [-0.2, -0.15) is 0 Å². The van der Waals surface area contributed by atoms with E-state index in [1.165, 1.54) is 5.56 Å². The Balaban J connectivity index is 1.23. The molecular formula is C26H32N4O3. The molecule has 0 bridgehead atoms. The average Bonchev–Trinajstić information content (AvgIpc) is 3.26. The molecule has 0 saturated carbocycles. The van der Waals surface area contributed by atoms with Crippen LogP contribution in [-0.4, -0.2) is 48.8 Å². The number of benzene rings is 2. The number of aryl methyl sites for hydroxylation is 1. The molecule has 2 saturated heterocycles. The number of nitrogens with zero attached hydrogens (tertiary/aromatic N) is 2. The van der Waals surface area contributed by atoms with E-state index in [9.17, 15) is 14.4 Å². The van der Waals surface area contributed by atoms with Gasteiger partial charge in [0.1, 0.15) is 0 Å². The summed E-state index contributed by atoms with van der Waals surface area (Å²) in [6.45, 7) is 6.05. The van der Waals surface area contributed by atoms with Crippen molar-refractivity contribution in [2.45, 2.75) is 39.2 Å². The lowest BCUT2D eigenvalue weighted by Crippen LogP contribution is -2.41. The Morgan fingerprint density at radius 3 is 2.45 bits per heavy atom. The molecule has 2 fully saturated rings. The van der Waals surface area contributed by atoms with Crippen LogP contribution in [0.3, 0.4) is 0 Å². The van der Waals surface area contributed by atoms with E-state index >= 15 is 0 Å². The monoisotopic (exact) mass is 448 g/mol. The molecule has 0 spiro atoms. The highest BCUT2D eigenvalue weighted by molar-refractivity contribution is 6.39. The van der Waals surface area contributed by atoms with Gasteiger partial charge in [0.15, 0.2) is 0 Å². The summed E-state index contributed by atoms with van der Waals surface area (Å²) in [6, 6.07) is 15.8. The number of rotatable bonds is 6. The maximum atomic E-state index is 12.4. The first kappa shape index (κ1) is 23.0. The summed E-state index contributed by atoms with van der Waals surface area (Å²) in [7, 11) is 0. The molecule has 7 heteroatoms. The van der Waals surface area contributed by atoms with E-state index in [0.29, 0.717) is 31.1 Å². The summed E-state index contributed by atoms with van der Waals surface area (Å²) in [6.07, 6.45) is 3.38. The fourth-order valence-electron chi connectivity index (χ4n) is 4.58. The predicted octanol–water partition coefficient (Wildman–Crippen LogP) is 3.09.